The molecule has 0 heterocycles. The quantitative estimate of drug-likeness (QED) is 0.514. The van der Waals surface area contributed by atoms with Crippen LogP contribution in [0.25, 0.3) is 6.08 Å². The van der Waals surface area contributed by atoms with Crippen molar-refractivity contribution in [3.05, 3.63) is 34.4 Å². The van der Waals surface area contributed by atoms with E-state index in [9.17, 15) is 9.59 Å². The molecule has 1 rings (SSSR count). The SMILES string of the molecule is COC(=O)C(CC(C)=Cc1cc(N)ccc1Cl)C(=O)OC. The highest BCUT2D eigenvalue weighted by atomic mass is 35.5. The third-order valence-electron chi connectivity index (χ3n) is 2.92. The Hall–Kier alpha value is -2.01. The molecule has 6 heteroatoms. The Labute approximate surface area is 128 Å². The summed E-state index contributed by atoms with van der Waals surface area (Å²) in [6.07, 6.45) is 1.96. The second kappa shape index (κ2) is 7.69. The molecular weight excluding hydrogens is 294 g/mol. The van der Waals surface area contributed by atoms with Crippen LogP contribution in [0.2, 0.25) is 5.02 Å². The van der Waals surface area contributed by atoms with Crippen molar-refractivity contribution in [3.8, 4) is 0 Å². The van der Waals surface area contributed by atoms with E-state index in [1.807, 2.05) is 0 Å². The maximum atomic E-state index is 11.6. The monoisotopic (exact) mass is 311 g/mol. The standard InChI is InChI=1S/C15H18ClNO4/c1-9(6-10-8-11(17)4-5-13(10)16)7-12(14(18)20-2)15(19)21-3/h4-6,8,12H,7,17H2,1-3H3. The van der Waals surface area contributed by atoms with E-state index in [0.717, 1.165) is 11.1 Å². The van der Waals surface area contributed by atoms with Gasteiger partial charge in [0.1, 0.15) is 0 Å². The topological polar surface area (TPSA) is 78.6 Å². The molecule has 0 spiro atoms. The van der Waals surface area contributed by atoms with E-state index in [-0.39, 0.29) is 6.42 Å². The van der Waals surface area contributed by atoms with Crippen molar-refractivity contribution in [1.29, 1.82) is 0 Å². The number of allylic oxidation sites excluding steroid dienone is 1. The molecule has 0 saturated carbocycles. The zero-order valence-electron chi connectivity index (χ0n) is 12.2. The summed E-state index contributed by atoms with van der Waals surface area (Å²) < 4.78 is 9.23. The second-order valence-electron chi connectivity index (χ2n) is 4.57. The van der Waals surface area contributed by atoms with Crippen LogP contribution in [0.4, 0.5) is 5.69 Å². The fourth-order valence-electron chi connectivity index (χ4n) is 1.87. The van der Waals surface area contributed by atoms with Crippen LogP contribution >= 0.6 is 11.6 Å². The largest absolute Gasteiger partial charge is 0.468 e. The number of halogens is 1. The highest BCUT2D eigenvalue weighted by molar-refractivity contribution is 6.32. The molecule has 2 N–H and O–H groups in total. The van der Waals surface area contributed by atoms with Gasteiger partial charge in [-0.25, -0.2) is 0 Å². The molecule has 0 fully saturated rings. The average molecular weight is 312 g/mol. The minimum Gasteiger partial charge on any atom is -0.468 e. The number of benzene rings is 1. The first-order valence-electron chi connectivity index (χ1n) is 6.27. The van der Waals surface area contributed by atoms with Crippen molar-refractivity contribution in [2.24, 2.45) is 5.92 Å². The van der Waals surface area contributed by atoms with E-state index in [1.54, 1.807) is 31.2 Å². The number of methoxy groups -OCH3 is 2. The minimum absolute atomic E-state index is 0.185. The lowest BCUT2D eigenvalue weighted by atomic mass is 9.98. The summed E-state index contributed by atoms with van der Waals surface area (Å²) in [7, 11) is 2.46. The summed E-state index contributed by atoms with van der Waals surface area (Å²) >= 11 is 6.07. The number of carbonyl (C=O) groups is 2. The molecule has 21 heavy (non-hydrogen) atoms. The van der Waals surface area contributed by atoms with Crippen molar-refractivity contribution in [1.82, 2.24) is 0 Å². The molecule has 0 atom stereocenters. The van der Waals surface area contributed by atoms with Crippen LogP contribution < -0.4 is 5.73 Å². The summed E-state index contributed by atoms with van der Waals surface area (Å²) in [5, 5.41) is 0.538. The van der Waals surface area contributed by atoms with Crippen LogP contribution in [0.1, 0.15) is 18.9 Å². The smallest absolute Gasteiger partial charge is 0.320 e. The first-order valence-corrected chi connectivity index (χ1v) is 6.64. The van der Waals surface area contributed by atoms with Crippen molar-refractivity contribution >= 4 is 35.3 Å². The second-order valence-corrected chi connectivity index (χ2v) is 4.98. The summed E-state index contributed by atoms with van der Waals surface area (Å²) in [5.41, 5.74) is 7.79. The number of hydrogen-bond acceptors (Lipinski definition) is 5. The summed E-state index contributed by atoms with van der Waals surface area (Å²) in [5.74, 6) is -2.25. The van der Waals surface area contributed by atoms with Crippen molar-refractivity contribution < 1.29 is 19.1 Å². The molecule has 0 saturated heterocycles. The normalized spacial score (nSPS) is 11.4. The van der Waals surface area contributed by atoms with Gasteiger partial charge in [-0.15, -0.1) is 0 Å². The van der Waals surface area contributed by atoms with Gasteiger partial charge in [0.25, 0.3) is 0 Å². The molecule has 0 aliphatic heterocycles. The number of esters is 2. The van der Waals surface area contributed by atoms with Crippen LogP contribution in [-0.2, 0) is 19.1 Å². The van der Waals surface area contributed by atoms with Crippen LogP contribution in [0.15, 0.2) is 23.8 Å². The zero-order chi connectivity index (χ0) is 16.0. The number of hydrogen-bond donors (Lipinski definition) is 1. The van der Waals surface area contributed by atoms with Gasteiger partial charge in [-0.3, -0.25) is 9.59 Å². The fraction of sp³-hybridized carbons (Fsp3) is 0.333. The Morgan fingerprint density at radius 3 is 2.38 bits per heavy atom. The van der Waals surface area contributed by atoms with Crippen LogP contribution in [0, 0.1) is 5.92 Å². The molecular formula is C15H18ClNO4. The highest BCUT2D eigenvalue weighted by Gasteiger charge is 2.28. The lowest BCUT2D eigenvalue weighted by molar-refractivity contribution is -0.158. The van der Waals surface area contributed by atoms with Gasteiger partial charge in [-0.2, -0.15) is 0 Å². The summed E-state index contributed by atoms with van der Waals surface area (Å²) in [6.45, 7) is 1.79. The lowest BCUT2D eigenvalue weighted by Crippen LogP contribution is -2.26. The molecule has 0 radical (unpaired) electrons. The summed E-state index contributed by atoms with van der Waals surface area (Å²) in [4.78, 5) is 23.2. The van der Waals surface area contributed by atoms with Crippen LogP contribution in [0.3, 0.4) is 0 Å². The lowest BCUT2D eigenvalue weighted by Gasteiger charge is -2.13. The molecule has 0 amide bonds. The minimum atomic E-state index is -0.990. The Kier molecular flexibility index (Phi) is 6.24. The van der Waals surface area contributed by atoms with E-state index < -0.39 is 17.9 Å². The van der Waals surface area contributed by atoms with Crippen LogP contribution in [0.5, 0.6) is 0 Å². The summed E-state index contributed by atoms with van der Waals surface area (Å²) in [6, 6.07) is 5.10. The molecule has 0 aliphatic rings. The fourth-order valence-corrected chi connectivity index (χ4v) is 2.04. The van der Waals surface area contributed by atoms with E-state index in [4.69, 9.17) is 17.3 Å². The number of carbonyl (C=O) groups excluding carboxylic acids is 2. The predicted octanol–water partition coefficient (Wildman–Crippen LogP) is 2.68. The predicted molar refractivity (Wildman–Crippen MR) is 81.7 cm³/mol. The van der Waals surface area contributed by atoms with E-state index in [0.29, 0.717) is 10.7 Å². The van der Waals surface area contributed by atoms with Gasteiger partial charge in [-0.05, 0) is 37.1 Å². The third-order valence-corrected chi connectivity index (χ3v) is 3.26. The Bertz CT molecular complexity index is 553. The highest BCUT2D eigenvalue weighted by Crippen LogP contribution is 2.24. The molecule has 0 aromatic heterocycles. The maximum absolute atomic E-state index is 11.6. The van der Waals surface area contributed by atoms with Crippen molar-refractivity contribution in [2.45, 2.75) is 13.3 Å². The average Bonchev–Trinajstić information content (AvgIpc) is 2.47. The number of anilines is 1. The van der Waals surface area contributed by atoms with Gasteiger partial charge in [0.05, 0.1) is 14.2 Å². The molecule has 114 valence electrons. The number of ether oxygens (including phenoxy) is 2. The maximum Gasteiger partial charge on any atom is 0.320 e. The molecule has 1 aromatic rings. The van der Waals surface area contributed by atoms with Gasteiger partial charge >= 0.3 is 11.9 Å². The van der Waals surface area contributed by atoms with Gasteiger partial charge < -0.3 is 15.2 Å². The van der Waals surface area contributed by atoms with Crippen LogP contribution in [-0.4, -0.2) is 26.2 Å². The first-order chi connectivity index (χ1) is 9.88. The van der Waals surface area contributed by atoms with E-state index >= 15 is 0 Å². The zero-order valence-corrected chi connectivity index (χ0v) is 12.9. The van der Waals surface area contributed by atoms with Crippen molar-refractivity contribution in [2.75, 3.05) is 20.0 Å². The Balaban J connectivity index is 2.98. The van der Waals surface area contributed by atoms with E-state index in [1.165, 1.54) is 14.2 Å². The number of rotatable bonds is 5. The Morgan fingerprint density at radius 1 is 1.29 bits per heavy atom. The van der Waals surface area contributed by atoms with Gasteiger partial charge in [0.15, 0.2) is 5.92 Å². The number of nitrogen functional groups attached to an aromatic ring is 1. The Morgan fingerprint density at radius 2 is 1.86 bits per heavy atom. The van der Waals surface area contributed by atoms with Crippen molar-refractivity contribution in [3.63, 3.8) is 0 Å². The van der Waals surface area contributed by atoms with Gasteiger partial charge in [0, 0.05) is 10.7 Å². The first kappa shape index (κ1) is 17.0. The molecule has 1 aromatic carbocycles. The van der Waals surface area contributed by atoms with Gasteiger partial charge in [0.2, 0.25) is 0 Å². The third kappa shape index (κ3) is 4.79. The van der Waals surface area contributed by atoms with E-state index in [2.05, 4.69) is 9.47 Å². The molecule has 0 unspecified atom stereocenters. The molecule has 0 bridgehead atoms. The molecule has 0 aliphatic carbocycles. The molecule has 5 nitrogen and oxygen atoms in total. The number of nitrogens with two attached hydrogens (primary N) is 1. The van der Waals surface area contributed by atoms with Gasteiger partial charge in [-0.1, -0.05) is 23.3 Å².